The number of benzene rings is 3. The summed E-state index contributed by atoms with van der Waals surface area (Å²) in [6, 6.07) is 26.5. The van der Waals surface area contributed by atoms with Crippen LogP contribution in [0.25, 0.3) is 6.08 Å². The van der Waals surface area contributed by atoms with Crippen LogP contribution in [-0.4, -0.2) is 11.6 Å². The van der Waals surface area contributed by atoms with Crippen molar-refractivity contribution in [2.75, 3.05) is 0 Å². The molecule has 0 saturated carbocycles. The van der Waals surface area contributed by atoms with Gasteiger partial charge in [0.05, 0.1) is 16.3 Å². The molecule has 0 aromatic heterocycles. The molecule has 0 fully saturated rings. The first-order valence-corrected chi connectivity index (χ1v) is 8.53. The van der Waals surface area contributed by atoms with Crippen LogP contribution >= 0.6 is 11.6 Å². The van der Waals surface area contributed by atoms with E-state index in [1.807, 2.05) is 72.8 Å². The summed E-state index contributed by atoms with van der Waals surface area (Å²) in [7, 11) is 0. The van der Waals surface area contributed by atoms with Crippen LogP contribution < -0.4 is 5.43 Å². The van der Waals surface area contributed by atoms with Gasteiger partial charge in [-0.1, -0.05) is 90.5 Å². The first kappa shape index (κ1) is 17.6. The van der Waals surface area contributed by atoms with E-state index in [0.717, 1.165) is 11.1 Å². The number of rotatable bonds is 5. The quantitative estimate of drug-likeness (QED) is 0.494. The highest BCUT2D eigenvalue weighted by atomic mass is 35.5. The van der Waals surface area contributed by atoms with Crippen LogP contribution in [0.4, 0.5) is 0 Å². The average Bonchev–Trinajstić information content (AvgIpc) is 2.69. The highest BCUT2D eigenvalue weighted by Gasteiger charge is 2.09. The van der Waals surface area contributed by atoms with Crippen molar-refractivity contribution in [1.29, 1.82) is 0 Å². The molecule has 1 amide bonds. The Kier molecular flexibility index (Phi) is 5.96. The molecule has 0 heterocycles. The Bertz CT molecular complexity index is 935. The highest BCUT2D eigenvalue weighted by molar-refractivity contribution is 6.33. The maximum absolute atomic E-state index is 12.3. The van der Waals surface area contributed by atoms with E-state index in [9.17, 15) is 4.79 Å². The largest absolute Gasteiger partial charge is 0.272 e. The number of carbonyl (C=O) groups is 1. The van der Waals surface area contributed by atoms with Gasteiger partial charge in [-0.25, -0.2) is 5.43 Å². The van der Waals surface area contributed by atoms with Gasteiger partial charge in [0.1, 0.15) is 0 Å². The lowest BCUT2D eigenvalue weighted by molar-refractivity contribution is 0.0955. The number of amides is 1. The lowest BCUT2D eigenvalue weighted by Gasteiger charge is -2.05. The topological polar surface area (TPSA) is 41.5 Å². The van der Waals surface area contributed by atoms with Gasteiger partial charge in [0.2, 0.25) is 0 Å². The molecular weight excluding hydrogens is 344 g/mol. The molecule has 1 N–H and O–H groups in total. The van der Waals surface area contributed by atoms with Crippen molar-refractivity contribution in [2.24, 2.45) is 5.10 Å². The fourth-order valence-corrected chi connectivity index (χ4v) is 2.58. The Balaban J connectivity index is 1.86. The number of carbonyl (C=O) groups excluding carboxylic acids is 1. The van der Waals surface area contributed by atoms with Gasteiger partial charge in [-0.05, 0) is 23.8 Å². The summed E-state index contributed by atoms with van der Waals surface area (Å²) in [5.74, 6) is -0.350. The Hall–Kier alpha value is -3.17. The van der Waals surface area contributed by atoms with Crippen molar-refractivity contribution < 1.29 is 4.79 Å². The Morgan fingerprint density at radius 3 is 2.15 bits per heavy atom. The number of allylic oxidation sites excluding steroid dienone is 1. The van der Waals surface area contributed by atoms with Crippen molar-refractivity contribution in [2.45, 2.75) is 0 Å². The van der Waals surface area contributed by atoms with Crippen LogP contribution in [0.5, 0.6) is 0 Å². The van der Waals surface area contributed by atoms with Gasteiger partial charge < -0.3 is 0 Å². The van der Waals surface area contributed by atoms with Gasteiger partial charge in [0.25, 0.3) is 5.91 Å². The molecule has 0 unspecified atom stereocenters. The van der Waals surface area contributed by atoms with Gasteiger partial charge in [0, 0.05) is 5.56 Å². The van der Waals surface area contributed by atoms with E-state index in [-0.39, 0.29) is 5.91 Å². The number of hydrogen-bond donors (Lipinski definition) is 1. The zero-order chi connectivity index (χ0) is 18.2. The van der Waals surface area contributed by atoms with Gasteiger partial charge >= 0.3 is 0 Å². The second kappa shape index (κ2) is 8.79. The normalized spacial score (nSPS) is 11.5. The summed E-state index contributed by atoms with van der Waals surface area (Å²) >= 11 is 6.07. The van der Waals surface area contributed by atoms with E-state index < -0.39 is 0 Å². The fraction of sp³-hybridized carbons (Fsp3) is 0. The molecule has 3 aromatic carbocycles. The van der Waals surface area contributed by atoms with E-state index in [1.54, 1.807) is 24.3 Å². The molecule has 0 atom stereocenters. The molecule has 0 radical (unpaired) electrons. The third-order valence-electron chi connectivity index (χ3n) is 3.70. The minimum absolute atomic E-state index is 0.350. The van der Waals surface area contributed by atoms with Crippen LogP contribution in [0, 0.1) is 0 Å². The molecule has 3 nitrogen and oxygen atoms in total. The van der Waals surface area contributed by atoms with E-state index in [0.29, 0.717) is 16.3 Å². The third kappa shape index (κ3) is 4.68. The predicted octanol–water partition coefficient (Wildman–Crippen LogP) is 5.19. The lowest BCUT2D eigenvalue weighted by atomic mass is 10.1. The smallest absolute Gasteiger partial charge is 0.267 e. The molecule has 0 aliphatic heterocycles. The van der Waals surface area contributed by atoms with Crippen LogP contribution in [0.3, 0.4) is 0 Å². The summed E-state index contributed by atoms with van der Waals surface area (Å²) < 4.78 is 0. The molecule has 26 heavy (non-hydrogen) atoms. The number of hydrogen-bond acceptors (Lipinski definition) is 2. The minimum Gasteiger partial charge on any atom is -0.267 e. The molecule has 3 aromatic rings. The van der Waals surface area contributed by atoms with Crippen LogP contribution in [0.1, 0.15) is 21.5 Å². The third-order valence-corrected chi connectivity index (χ3v) is 4.03. The SMILES string of the molecule is O=C(NN=C(C=Cc1ccccc1)c1ccccc1)c1ccccc1Cl. The lowest BCUT2D eigenvalue weighted by Crippen LogP contribution is -2.20. The van der Waals surface area contributed by atoms with E-state index in [2.05, 4.69) is 10.5 Å². The molecule has 0 spiro atoms. The Morgan fingerprint density at radius 1 is 0.846 bits per heavy atom. The summed E-state index contributed by atoms with van der Waals surface area (Å²) in [5.41, 5.74) is 5.57. The van der Waals surface area contributed by atoms with Crippen molar-refractivity contribution in [3.63, 3.8) is 0 Å². The Morgan fingerprint density at radius 2 is 1.46 bits per heavy atom. The standard InChI is InChI=1S/C22H17ClN2O/c23-20-14-8-7-13-19(20)22(26)25-24-21(18-11-5-2-6-12-18)16-15-17-9-3-1-4-10-17/h1-16H,(H,25,26). The van der Waals surface area contributed by atoms with Crippen LogP contribution in [0.15, 0.2) is 96.1 Å². The Labute approximate surface area is 157 Å². The molecule has 128 valence electrons. The zero-order valence-corrected chi connectivity index (χ0v) is 14.7. The van der Waals surface area contributed by atoms with Crippen molar-refractivity contribution >= 4 is 29.3 Å². The number of hydrazone groups is 1. The predicted molar refractivity (Wildman–Crippen MR) is 107 cm³/mol. The molecule has 0 aliphatic carbocycles. The number of halogens is 1. The molecular formula is C22H17ClN2O. The van der Waals surface area contributed by atoms with E-state index in [1.165, 1.54) is 0 Å². The fourth-order valence-electron chi connectivity index (χ4n) is 2.36. The zero-order valence-electron chi connectivity index (χ0n) is 14.0. The first-order chi connectivity index (χ1) is 12.7. The second-order valence-corrected chi connectivity index (χ2v) is 5.94. The van der Waals surface area contributed by atoms with Crippen LogP contribution in [0.2, 0.25) is 5.02 Å². The van der Waals surface area contributed by atoms with Crippen molar-refractivity contribution in [3.8, 4) is 0 Å². The molecule has 0 aliphatic rings. The van der Waals surface area contributed by atoms with E-state index in [4.69, 9.17) is 11.6 Å². The number of nitrogens with one attached hydrogen (secondary N) is 1. The van der Waals surface area contributed by atoms with Gasteiger partial charge in [0.15, 0.2) is 0 Å². The minimum atomic E-state index is -0.350. The molecule has 3 rings (SSSR count). The maximum Gasteiger partial charge on any atom is 0.272 e. The summed E-state index contributed by atoms with van der Waals surface area (Å²) in [6.45, 7) is 0. The second-order valence-electron chi connectivity index (χ2n) is 5.53. The first-order valence-electron chi connectivity index (χ1n) is 8.15. The average molecular weight is 361 g/mol. The monoisotopic (exact) mass is 360 g/mol. The van der Waals surface area contributed by atoms with Gasteiger partial charge in [-0.2, -0.15) is 5.10 Å². The summed E-state index contributed by atoms with van der Waals surface area (Å²) in [4.78, 5) is 12.3. The highest BCUT2D eigenvalue weighted by Crippen LogP contribution is 2.14. The van der Waals surface area contributed by atoms with Gasteiger partial charge in [-0.3, -0.25) is 4.79 Å². The molecule has 0 saturated heterocycles. The summed E-state index contributed by atoms with van der Waals surface area (Å²) in [6.07, 6.45) is 3.82. The number of nitrogens with zero attached hydrogens (tertiary/aromatic N) is 1. The van der Waals surface area contributed by atoms with Gasteiger partial charge in [-0.15, -0.1) is 0 Å². The van der Waals surface area contributed by atoms with Crippen LogP contribution in [-0.2, 0) is 0 Å². The summed E-state index contributed by atoms with van der Waals surface area (Å²) in [5, 5.41) is 4.69. The maximum atomic E-state index is 12.3. The van der Waals surface area contributed by atoms with Crippen molar-refractivity contribution in [3.05, 3.63) is 113 Å². The molecule has 0 bridgehead atoms. The van der Waals surface area contributed by atoms with E-state index >= 15 is 0 Å². The molecule has 4 heteroatoms. The van der Waals surface area contributed by atoms with Crippen molar-refractivity contribution in [1.82, 2.24) is 5.43 Å².